The molecular formula is C17H19FN2O3. The van der Waals surface area contributed by atoms with Crippen molar-refractivity contribution in [3.05, 3.63) is 47.4 Å². The maximum Gasteiger partial charge on any atom is 0.237 e. The van der Waals surface area contributed by atoms with Gasteiger partial charge in [-0.15, -0.1) is 0 Å². The molecule has 0 aliphatic carbocycles. The number of aromatic nitrogens is 2. The van der Waals surface area contributed by atoms with E-state index in [2.05, 4.69) is 10.1 Å². The third kappa shape index (κ3) is 2.66. The number of rotatable bonds is 3. The fourth-order valence-corrected chi connectivity index (χ4v) is 3.47. The Morgan fingerprint density at radius 2 is 2.04 bits per heavy atom. The van der Waals surface area contributed by atoms with Crippen molar-refractivity contribution in [2.75, 3.05) is 19.8 Å². The number of nitrogens with zero attached hydrogens (tertiary/aromatic N) is 2. The lowest BCUT2D eigenvalue weighted by Gasteiger charge is -2.34. The quantitative estimate of drug-likeness (QED) is 0.870. The lowest BCUT2D eigenvalue weighted by molar-refractivity contribution is 0.0522. The van der Waals surface area contributed by atoms with Crippen LogP contribution in [0, 0.1) is 5.82 Å². The van der Waals surface area contributed by atoms with Gasteiger partial charge in [-0.05, 0) is 43.4 Å². The summed E-state index contributed by atoms with van der Waals surface area (Å²) in [7, 11) is 0. The first-order valence-electron chi connectivity index (χ1n) is 8.07. The minimum absolute atomic E-state index is 0.0862. The van der Waals surface area contributed by atoms with Gasteiger partial charge in [0.25, 0.3) is 0 Å². The van der Waals surface area contributed by atoms with Gasteiger partial charge in [-0.2, -0.15) is 4.98 Å². The summed E-state index contributed by atoms with van der Waals surface area (Å²) in [5.41, 5.74) is 0.382. The van der Waals surface area contributed by atoms with Crippen LogP contribution in [0.3, 0.4) is 0 Å². The third-order valence-corrected chi connectivity index (χ3v) is 4.79. The van der Waals surface area contributed by atoms with Crippen molar-refractivity contribution in [2.45, 2.75) is 37.2 Å². The van der Waals surface area contributed by atoms with Crippen LogP contribution in [0.2, 0.25) is 0 Å². The van der Waals surface area contributed by atoms with Gasteiger partial charge in [0, 0.05) is 19.8 Å². The molecule has 0 N–H and O–H groups in total. The van der Waals surface area contributed by atoms with E-state index in [0.717, 1.165) is 25.0 Å². The van der Waals surface area contributed by atoms with Crippen LogP contribution in [0.1, 0.15) is 49.1 Å². The van der Waals surface area contributed by atoms with E-state index < -0.39 is 5.41 Å². The first-order chi connectivity index (χ1) is 11.3. The lowest BCUT2D eigenvalue weighted by Crippen LogP contribution is -2.35. The molecule has 4 rings (SSSR count). The maximum absolute atomic E-state index is 13.7. The molecule has 6 heteroatoms. The Balaban J connectivity index is 1.73. The van der Waals surface area contributed by atoms with Crippen molar-refractivity contribution in [1.82, 2.24) is 10.1 Å². The topological polar surface area (TPSA) is 57.4 Å². The van der Waals surface area contributed by atoms with Crippen molar-refractivity contribution >= 4 is 0 Å². The Morgan fingerprint density at radius 3 is 2.78 bits per heavy atom. The number of ether oxygens (including phenoxy) is 2. The predicted molar refractivity (Wildman–Crippen MR) is 79.5 cm³/mol. The van der Waals surface area contributed by atoms with Gasteiger partial charge in [-0.3, -0.25) is 0 Å². The second kappa shape index (κ2) is 6.02. The van der Waals surface area contributed by atoms with Crippen molar-refractivity contribution in [1.29, 1.82) is 0 Å². The molecule has 2 aromatic rings. The molecule has 0 saturated carbocycles. The Bertz CT molecular complexity index is 676. The summed E-state index contributed by atoms with van der Waals surface area (Å²) in [5, 5.41) is 4.12. The average molecular weight is 318 g/mol. The molecule has 122 valence electrons. The summed E-state index contributed by atoms with van der Waals surface area (Å²) in [6.45, 7) is 1.92. The van der Waals surface area contributed by atoms with Gasteiger partial charge >= 0.3 is 0 Å². The minimum Gasteiger partial charge on any atom is -0.381 e. The fourth-order valence-electron chi connectivity index (χ4n) is 3.47. The summed E-state index contributed by atoms with van der Waals surface area (Å²) in [6, 6.07) is 6.65. The van der Waals surface area contributed by atoms with Crippen molar-refractivity contribution in [3.8, 4) is 0 Å². The van der Waals surface area contributed by atoms with Gasteiger partial charge < -0.3 is 14.0 Å². The third-order valence-electron chi connectivity index (χ3n) is 4.79. The average Bonchev–Trinajstić information content (AvgIpc) is 3.27. The SMILES string of the molecule is Fc1cccc(C2(c3nc([C@@H]4CCCO4)no3)CCOCC2)c1. The maximum atomic E-state index is 13.7. The predicted octanol–water partition coefficient (Wildman–Crippen LogP) is 3.16. The van der Waals surface area contributed by atoms with Gasteiger partial charge in [0.15, 0.2) is 0 Å². The second-order valence-corrected chi connectivity index (χ2v) is 6.16. The molecule has 0 amide bonds. The van der Waals surface area contributed by atoms with E-state index in [0.29, 0.717) is 37.8 Å². The molecule has 0 spiro atoms. The van der Waals surface area contributed by atoms with Crippen LogP contribution in [-0.2, 0) is 14.9 Å². The van der Waals surface area contributed by atoms with Gasteiger partial charge in [-0.1, -0.05) is 17.3 Å². The Morgan fingerprint density at radius 1 is 1.17 bits per heavy atom. The number of hydrogen-bond donors (Lipinski definition) is 0. The van der Waals surface area contributed by atoms with Crippen LogP contribution in [0.5, 0.6) is 0 Å². The molecule has 5 nitrogen and oxygen atoms in total. The highest BCUT2D eigenvalue weighted by Crippen LogP contribution is 2.41. The molecule has 2 aliphatic heterocycles. The molecule has 2 aliphatic rings. The summed E-state index contributed by atoms with van der Waals surface area (Å²) in [5.74, 6) is 0.879. The van der Waals surface area contributed by atoms with Crippen molar-refractivity contribution in [2.24, 2.45) is 0 Å². The van der Waals surface area contributed by atoms with E-state index >= 15 is 0 Å². The molecule has 3 heterocycles. The van der Waals surface area contributed by atoms with E-state index in [-0.39, 0.29) is 11.9 Å². The van der Waals surface area contributed by atoms with Gasteiger partial charge in [0.1, 0.15) is 11.9 Å². The van der Waals surface area contributed by atoms with E-state index in [1.54, 1.807) is 12.1 Å². The smallest absolute Gasteiger partial charge is 0.237 e. The van der Waals surface area contributed by atoms with Crippen LogP contribution >= 0.6 is 0 Å². The van der Waals surface area contributed by atoms with E-state index in [1.165, 1.54) is 6.07 Å². The zero-order chi connectivity index (χ0) is 15.7. The monoisotopic (exact) mass is 318 g/mol. The Hall–Kier alpha value is -1.79. The van der Waals surface area contributed by atoms with Gasteiger partial charge in [-0.25, -0.2) is 4.39 Å². The van der Waals surface area contributed by atoms with Crippen molar-refractivity contribution < 1.29 is 18.4 Å². The number of halogens is 1. The van der Waals surface area contributed by atoms with Gasteiger partial charge in [0.2, 0.25) is 11.7 Å². The number of hydrogen-bond acceptors (Lipinski definition) is 5. The molecule has 0 bridgehead atoms. The first kappa shape index (κ1) is 14.8. The van der Waals surface area contributed by atoms with Gasteiger partial charge in [0.05, 0.1) is 5.41 Å². The normalized spacial score (nSPS) is 24.0. The molecule has 0 unspecified atom stereocenters. The molecule has 2 fully saturated rings. The van der Waals surface area contributed by atoms with E-state index in [9.17, 15) is 4.39 Å². The van der Waals surface area contributed by atoms with Crippen LogP contribution in [0.25, 0.3) is 0 Å². The van der Waals surface area contributed by atoms with E-state index in [4.69, 9.17) is 14.0 Å². The summed E-state index contributed by atoms with van der Waals surface area (Å²) >= 11 is 0. The highest BCUT2D eigenvalue weighted by atomic mass is 19.1. The zero-order valence-electron chi connectivity index (χ0n) is 12.8. The molecule has 23 heavy (non-hydrogen) atoms. The van der Waals surface area contributed by atoms with Crippen LogP contribution in [-0.4, -0.2) is 30.0 Å². The molecule has 1 aromatic carbocycles. The van der Waals surface area contributed by atoms with E-state index in [1.807, 2.05) is 6.07 Å². The standard InChI is InChI=1S/C17H19FN2O3/c18-13-4-1-3-12(11-13)17(6-9-21-10-7-17)16-19-15(20-23-16)14-5-2-8-22-14/h1,3-4,11,14H,2,5-10H2/t14-/m0/s1. The van der Waals surface area contributed by atoms with Crippen LogP contribution in [0.4, 0.5) is 4.39 Å². The molecule has 1 aromatic heterocycles. The molecule has 1 atom stereocenters. The summed E-state index contributed by atoms with van der Waals surface area (Å²) in [4.78, 5) is 4.61. The highest BCUT2D eigenvalue weighted by molar-refractivity contribution is 5.33. The van der Waals surface area contributed by atoms with Crippen LogP contribution < -0.4 is 0 Å². The first-order valence-corrected chi connectivity index (χ1v) is 8.07. The van der Waals surface area contributed by atoms with Crippen molar-refractivity contribution in [3.63, 3.8) is 0 Å². The second-order valence-electron chi connectivity index (χ2n) is 6.16. The lowest BCUT2D eigenvalue weighted by atomic mass is 9.74. The largest absolute Gasteiger partial charge is 0.381 e. The number of benzene rings is 1. The molecular weight excluding hydrogens is 299 g/mol. The summed E-state index contributed by atoms with van der Waals surface area (Å²) < 4.78 is 30.5. The zero-order valence-corrected chi connectivity index (χ0v) is 12.8. The molecule has 0 radical (unpaired) electrons. The highest BCUT2D eigenvalue weighted by Gasteiger charge is 2.42. The Kier molecular flexibility index (Phi) is 3.87. The minimum atomic E-state index is -0.482. The fraction of sp³-hybridized carbons (Fsp3) is 0.529. The summed E-state index contributed by atoms with van der Waals surface area (Å²) in [6.07, 6.45) is 3.23. The Labute approximate surface area is 133 Å². The van der Waals surface area contributed by atoms with Crippen LogP contribution in [0.15, 0.2) is 28.8 Å². The molecule has 2 saturated heterocycles.